The first-order valence-electron chi connectivity index (χ1n) is 9.44. The number of hydrogen-bond donors (Lipinski definition) is 0. The Bertz CT molecular complexity index is 687. The van der Waals surface area contributed by atoms with E-state index in [1.54, 1.807) is 4.31 Å². The van der Waals surface area contributed by atoms with Crippen molar-refractivity contribution in [1.29, 1.82) is 0 Å². The van der Waals surface area contributed by atoms with Gasteiger partial charge in [-0.3, -0.25) is 0 Å². The SMILES string of the molecule is CCCOc1cc(C)c(C(C)C)cc1S(=O)(=O)N1CC(C)CC(C)C1. The molecule has 1 saturated heterocycles. The Hall–Kier alpha value is -1.07. The summed E-state index contributed by atoms with van der Waals surface area (Å²) in [6.45, 7) is 14.2. The molecule has 142 valence electrons. The summed E-state index contributed by atoms with van der Waals surface area (Å²) in [7, 11) is -3.55. The van der Waals surface area contributed by atoms with Crippen LogP contribution in [0.15, 0.2) is 17.0 Å². The third kappa shape index (κ3) is 4.56. The van der Waals surface area contributed by atoms with Crippen LogP contribution >= 0.6 is 0 Å². The molecule has 0 aliphatic carbocycles. The summed E-state index contributed by atoms with van der Waals surface area (Å²) in [5.74, 6) is 1.53. The first-order chi connectivity index (χ1) is 11.7. The molecule has 1 heterocycles. The van der Waals surface area contributed by atoms with Crippen molar-refractivity contribution in [3.8, 4) is 5.75 Å². The fourth-order valence-corrected chi connectivity index (χ4v) is 5.59. The molecule has 0 spiro atoms. The quantitative estimate of drug-likeness (QED) is 0.740. The lowest BCUT2D eigenvalue weighted by atomic mass is 9.94. The van der Waals surface area contributed by atoms with Crippen molar-refractivity contribution >= 4 is 10.0 Å². The highest BCUT2D eigenvalue weighted by atomic mass is 32.2. The molecule has 0 amide bonds. The van der Waals surface area contributed by atoms with Gasteiger partial charge in [-0.15, -0.1) is 0 Å². The lowest BCUT2D eigenvalue weighted by molar-refractivity contribution is 0.221. The van der Waals surface area contributed by atoms with E-state index in [2.05, 4.69) is 27.7 Å². The molecule has 1 aromatic carbocycles. The molecule has 1 aliphatic heterocycles. The minimum atomic E-state index is -3.55. The Kier molecular flexibility index (Phi) is 6.55. The van der Waals surface area contributed by atoms with Crippen LogP contribution in [0.3, 0.4) is 0 Å². The summed E-state index contributed by atoms with van der Waals surface area (Å²) in [5, 5.41) is 0. The second-order valence-electron chi connectivity index (χ2n) is 7.93. The second kappa shape index (κ2) is 8.09. The maximum Gasteiger partial charge on any atom is 0.246 e. The number of rotatable bonds is 6. The van der Waals surface area contributed by atoms with Crippen LogP contribution in [0, 0.1) is 18.8 Å². The van der Waals surface area contributed by atoms with E-state index < -0.39 is 10.0 Å². The molecule has 0 aromatic heterocycles. The average molecular weight is 368 g/mol. The third-order valence-electron chi connectivity index (χ3n) is 4.87. The molecule has 1 fully saturated rings. The van der Waals surface area contributed by atoms with E-state index in [1.165, 1.54) is 0 Å². The fraction of sp³-hybridized carbons (Fsp3) is 0.700. The highest BCUT2D eigenvalue weighted by molar-refractivity contribution is 7.89. The topological polar surface area (TPSA) is 46.6 Å². The Morgan fingerprint density at radius 2 is 1.80 bits per heavy atom. The molecule has 0 N–H and O–H groups in total. The minimum absolute atomic E-state index is 0.272. The molecule has 2 unspecified atom stereocenters. The maximum absolute atomic E-state index is 13.4. The summed E-state index contributed by atoms with van der Waals surface area (Å²) < 4.78 is 34.3. The third-order valence-corrected chi connectivity index (χ3v) is 6.72. The monoisotopic (exact) mass is 367 g/mol. The van der Waals surface area contributed by atoms with Crippen molar-refractivity contribution in [2.45, 2.75) is 65.2 Å². The van der Waals surface area contributed by atoms with Crippen molar-refractivity contribution in [3.63, 3.8) is 0 Å². The van der Waals surface area contributed by atoms with Gasteiger partial charge in [0.2, 0.25) is 10.0 Å². The van der Waals surface area contributed by atoms with Crippen molar-refractivity contribution in [2.75, 3.05) is 19.7 Å². The van der Waals surface area contributed by atoms with Gasteiger partial charge in [0.15, 0.2) is 0 Å². The van der Waals surface area contributed by atoms with Crippen LogP contribution in [0.25, 0.3) is 0 Å². The first kappa shape index (κ1) is 20.2. The highest BCUT2D eigenvalue weighted by Gasteiger charge is 2.34. The summed E-state index contributed by atoms with van der Waals surface area (Å²) in [5.41, 5.74) is 2.15. The van der Waals surface area contributed by atoms with Gasteiger partial charge >= 0.3 is 0 Å². The van der Waals surface area contributed by atoms with Crippen LogP contribution in [0.5, 0.6) is 5.75 Å². The van der Waals surface area contributed by atoms with Crippen LogP contribution in [-0.2, 0) is 10.0 Å². The number of aryl methyl sites for hydroxylation is 1. The second-order valence-corrected chi connectivity index (χ2v) is 9.83. The van der Waals surface area contributed by atoms with Crippen molar-refractivity contribution in [2.24, 2.45) is 11.8 Å². The number of ether oxygens (including phenoxy) is 1. The van der Waals surface area contributed by atoms with Crippen molar-refractivity contribution in [1.82, 2.24) is 4.31 Å². The van der Waals surface area contributed by atoms with Crippen LogP contribution in [0.1, 0.15) is 64.5 Å². The van der Waals surface area contributed by atoms with Crippen LogP contribution < -0.4 is 4.74 Å². The molecule has 4 nitrogen and oxygen atoms in total. The number of hydrogen-bond acceptors (Lipinski definition) is 3. The molecule has 1 aliphatic rings. The summed E-state index contributed by atoms with van der Waals surface area (Å²) >= 11 is 0. The maximum atomic E-state index is 13.4. The van der Waals surface area contributed by atoms with Crippen LogP contribution in [0.4, 0.5) is 0 Å². The summed E-state index contributed by atoms with van der Waals surface area (Å²) in [4.78, 5) is 0.330. The normalized spacial score (nSPS) is 22.4. The molecule has 0 bridgehead atoms. The summed E-state index contributed by atoms with van der Waals surface area (Å²) in [6, 6.07) is 3.74. The first-order valence-corrected chi connectivity index (χ1v) is 10.9. The molecule has 0 radical (unpaired) electrons. The average Bonchev–Trinajstić information content (AvgIpc) is 2.51. The van der Waals surface area contributed by atoms with Gasteiger partial charge in [0.1, 0.15) is 10.6 Å². The molecule has 25 heavy (non-hydrogen) atoms. The Morgan fingerprint density at radius 1 is 1.20 bits per heavy atom. The smallest absolute Gasteiger partial charge is 0.246 e. The zero-order valence-corrected chi connectivity index (χ0v) is 17.3. The van der Waals surface area contributed by atoms with Gasteiger partial charge in [0.25, 0.3) is 0 Å². The number of nitrogens with zero attached hydrogens (tertiary/aromatic N) is 1. The van der Waals surface area contributed by atoms with Gasteiger partial charge in [-0.05, 0) is 60.8 Å². The zero-order valence-electron chi connectivity index (χ0n) is 16.5. The largest absolute Gasteiger partial charge is 0.492 e. The van der Waals surface area contributed by atoms with Gasteiger partial charge < -0.3 is 4.74 Å². The number of sulfonamides is 1. The zero-order chi connectivity index (χ0) is 18.8. The van der Waals surface area contributed by atoms with Gasteiger partial charge in [-0.25, -0.2) is 8.42 Å². The fourth-order valence-electron chi connectivity index (χ4n) is 3.77. The van der Waals surface area contributed by atoms with Gasteiger partial charge in [-0.2, -0.15) is 4.31 Å². The molecule has 2 atom stereocenters. The lowest BCUT2D eigenvalue weighted by Gasteiger charge is -2.34. The highest BCUT2D eigenvalue weighted by Crippen LogP contribution is 2.35. The van der Waals surface area contributed by atoms with Crippen molar-refractivity contribution in [3.05, 3.63) is 23.3 Å². The summed E-state index contributed by atoms with van der Waals surface area (Å²) in [6.07, 6.45) is 1.93. The van der Waals surface area contributed by atoms with Gasteiger partial charge in [0, 0.05) is 13.1 Å². The Balaban J connectivity index is 2.51. The van der Waals surface area contributed by atoms with E-state index >= 15 is 0 Å². The molecule has 2 rings (SSSR count). The molecule has 5 heteroatoms. The number of piperidine rings is 1. The van der Waals surface area contributed by atoms with E-state index in [4.69, 9.17) is 4.74 Å². The predicted octanol–water partition coefficient (Wildman–Crippen LogP) is 4.57. The standard InChI is InChI=1S/C20H33NO3S/c1-7-8-24-19-10-17(6)18(14(2)3)11-20(19)25(22,23)21-12-15(4)9-16(5)13-21/h10-11,14-16H,7-9,12-13H2,1-6H3. The van der Waals surface area contributed by atoms with E-state index in [-0.39, 0.29) is 5.92 Å². The molecular formula is C20H33NO3S. The van der Waals surface area contributed by atoms with E-state index in [0.717, 1.165) is 24.0 Å². The molecule has 0 saturated carbocycles. The molecule has 1 aromatic rings. The lowest BCUT2D eigenvalue weighted by Crippen LogP contribution is -2.42. The van der Waals surface area contributed by atoms with Gasteiger partial charge in [-0.1, -0.05) is 34.6 Å². The van der Waals surface area contributed by atoms with Crippen molar-refractivity contribution < 1.29 is 13.2 Å². The minimum Gasteiger partial charge on any atom is -0.492 e. The van der Waals surface area contributed by atoms with E-state index in [1.807, 2.05) is 26.0 Å². The predicted molar refractivity (Wildman–Crippen MR) is 103 cm³/mol. The number of benzene rings is 1. The Morgan fingerprint density at radius 3 is 2.32 bits per heavy atom. The molecular weight excluding hydrogens is 334 g/mol. The van der Waals surface area contributed by atoms with E-state index in [0.29, 0.717) is 42.2 Å². The van der Waals surface area contributed by atoms with Crippen LogP contribution in [0.2, 0.25) is 0 Å². The van der Waals surface area contributed by atoms with Crippen LogP contribution in [-0.4, -0.2) is 32.4 Å². The van der Waals surface area contributed by atoms with E-state index in [9.17, 15) is 8.42 Å². The van der Waals surface area contributed by atoms with Gasteiger partial charge in [0.05, 0.1) is 6.61 Å². The Labute approximate surface area is 153 Å².